The number of benzene rings is 1. The molecule has 106 valence electrons. The highest BCUT2D eigenvalue weighted by Gasteiger charge is 2.23. The first-order chi connectivity index (χ1) is 9.61. The molecule has 20 heavy (non-hydrogen) atoms. The Bertz CT molecular complexity index is 536. The molecule has 1 aliphatic rings. The molecule has 2 unspecified atom stereocenters. The van der Waals surface area contributed by atoms with Gasteiger partial charge in [0, 0.05) is 6.04 Å². The molecule has 1 N–H and O–H groups in total. The second-order valence-electron chi connectivity index (χ2n) is 5.53. The van der Waals surface area contributed by atoms with Crippen molar-refractivity contribution in [2.45, 2.75) is 45.1 Å². The van der Waals surface area contributed by atoms with Crippen molar-refractivity contribution in [3.05, 3.63) is 33.9 Å². The molecule has 0 spiro atoms. The average Bonchev–Trinajstić information content (AvgIpc) is 2.63. The number of hydrogen-bond acceptors (Lipinski definition) is 4. The number of hydrogen-bond donors (Lipinski definition) is 1. The predicted molar refractivity (Wildman–Crippen MR) is 77.5 cm³/mol. The Labute approximate surface area is 118 Å². The van der Waals surface area contributed by atoms with Crippen molar-refractivity contribution in [2.75, 3.05) is 5.32 Å². The van der Waals surface area contributed by atoms with Crippen LogP contribution >= 0.6 is 0 Å². The molecule has 5 heteroatoms. The Morgan fingerprint density at radius 2 is 2.15 bits per heavy atom. The Morgan fingerprint density at radius 1 is 1.35 bits per heavy atom. The molecule has 2 atom stereocenters. The van der Waals surface area contributed by atoms with Gasteiger partial charge in [-0.2, -0.15) is 5.26 Å². The third-order valence-corrected chi connectivity index (χ3v) is 3.96. The third kappa shape index (κ3) is 3.27. The number of nitro groups is 1. The zero-order chi connectivity index (χ0) is 14.5. The first-order valence-corrected chi connectivity index (χ1v) is 7.06. The maximum Gasteiger partial charge on any atom is 0.309 e. The summed E-state index contributed by atoms with van der Waals surface area (Å²) in [6.45, 7) is 2.25. The Balaban J connectivity index is 2.21. The first kappa shape index (κ1) is 14.3. The van der Waals surface area contributed by atoms with Crippen LogP contribution in [0, 0.1) is 27.4 Å². The molecule has 0 radical (unpaired) electrons. The second-order valence-corrected chi connectivity index (χ2v) is 5.53. The summed E-state index contributed by atoms with van der Waals surface area (Å²) in [5.41, 5.74) is 0.475. The van der Waals surface area contributed by atoms with Crippen LogP contribution in [-0.4, -0.2) is 11.0 Å². The molecular weight excluding hydrogens is 254 g/mol. The fourth-order valence-corrected chi connectivity index (χ4v) is 2.80. The fraction of sp³-hybridized carbons (Fsp3) is 0.533. The largest absolute Gasteiger partial charge is 0.377 e. The van der Waals surface area contributed by atoms with Crippen molar-refractivity contribution in [3.8, 4) is 6.07 Å². The summed E-state index contributed by atoms with van der Waals surface area (Å²) in [5.74, 6) is 0.724. The van der Waals surface area contributed by atoms with Gasteiger partial charge in [0.25, 0.3) is 0 Å². The van der Waals surface area contributed by atoms with E-state index >= 15 is 0 Å². The van der Waals surface area contributed by atoms with Gasteiger partial charge in [-0.05, 0) is 37.3 Å². The summed E-state index contributed by atoms with van der Waals surface area (Å²) in [5, 5.41) is 23.4. The molecule has 0 amide bonds. The van der Waals surface area contributed by atoms with Crippen LogP contribution in [0.5, 0.6) is 0 Å². The van der Waals surface area contributed by atoms with Gasteiger partial charge in [0.1, 0.15) is 17.3 Å². The van der Waals surface area contributed by atoms with Crippen molar-refractivity contribution in [2.24, 2.45) is 5.92 Å². The number of rotatable bonds is 3. The van der Waals surface area contributed by atoms with Gasteiger partial charge in [-0.1, -0.05) is 25.8 Å². The summed E-state index contributed by atoms with van der Waals surface area (Å²) in [7, 11) is 0. The van der Waals surface area contributed by atoms with E-state index in [1.807, 2.05) is 6.07 Å². The molecule has 0 aromatic heterocycles. The minimum absolute atomic E-state index is 0.104. The minimum Gasteiger partial charge on any atom is -0.377 e. The third-order valence-electron chi connectivity index (χ3n) is 3.96. The van der Waals surface area contributed by atoms with Gasteiger partial charge in [0.15, 0.2) is 0 Å². The van der Waals surface area contributed by atoms with Crippen molar-refractivity contribution >= 4 is 11.4 Å². The second kappa shape index (κ2) is 6.38. The summed E-state index contributed by atoms with van der Waals surface area (Å²) in [4.78, 5) is 10.7. The molecule has 0 bridgehead atoms. The smallest absolute Gasteiger partial charge is 0.309 e. The van der Waals surface area contributed by atoms with E-state index in [0.29, 0.717) is 5.69 Å². The Morgan fingerprint density at radius 3 is 2.85 bits per heavy atom. The lowest BCUT2D eigenvalue weighted by Gasteiger charge is -2.18. The van der Waals surface area contributed by atoms with E-state index in [1.54, 1.807) is 12.1 Å². The molecule has 1 aliphatic carbocycles. The number of anilines is 1. The molecular formula is C15H19N3O2. The molecule has 0 saturated heterocycles. The maximum atomic E-state index is 11.2. The average molecular weight is 273 g/mol. The van der Waals surface area contributed by atoms with Crippen molar-refractivity contribution in [1.29, 1.82) is 5.26 Å². The van der Waals surface area contributed by atoms with Crippen LogP contribution in [0.25, 0.3) is 0 Å². The predicted octanol–water partition coefficient (Wildman–Crippen LogP) is 3.85. The monoisotopic (exact) mass is 273 g/mol. The SMILES string of the molecule is CC1CCCC(Nc2cccc(C#N)c2[N+](=O)[O-])CC1. The standard InChI is InChI=1S/C15H19N3O2/c1-11-4-2-6-13(9-8-11)17-14-7-3-5-12(10-16)15(14)18(19)20/h3,5,7,11,13,17H,2,4,6,8-9H2,1H3. The van der Waals surface area contributed by atoms with Gasteiger partial charge < -0.3 is 5.32 Å². The van der Waals surface area contributed by atoms with E-state index in [9.17, 15) is 10.1 Å². The number of nitro benzene ring substituents is 1. The zero-order valence-corrected chi connectivity index (χ0v) is 11.6. The van der Waals surface area contributed by atoms with E-state index in [-0.39, 0.29) is 17.3 Å². The van der Waals surface area contributed by atoms with E-state index in [2.05, 4.69) is 12.2 Å². The molecule has 1 fully saturated rings. The van der Waals surface area contributed by atoms with Crippen molar-refractivity contribution in [3.63, 3.8) is 0 Å². The van der Waals surface area contributed by atoms with Gasteiger partial charge >= 0.3 is 5.69 Å². The Hall–Kier alpha value is -2.09. The molecule has 1 saturated carbocycles. The Kier molecular flexibility index (Phi) is 4.57. The number of nitrogens with one attached hydrogen (secondary N) is 1. The minimum atomic E-state index is -0.472. The number of para-hydroxylation sites is 1. The van der Waals surface area contributed by atoms with Crippen LogP contribution in [0.2, 0.25) is 0 Å². The summed E-state index contributed by atoms with van der Waals surface area (Å²) >= 11 is 0. The fourth-order valence-electron chi connectivity index (χ4n) is 2.80. The summed E-state index contributed by atoms with van der Waals surface area (Å²) < 4.78 is 0. The summed E-state index contributed by atoms with van der Waals surface area (Å²) in [6, 6.07) is 7.01. The first-order valence-electron chi connectivity index (χ1n) is 7.06. The molecule has 1 aromatic carbocycles. The van der Waals surface area contributed by atoms with Gasteiger partial charge in [0.05, 0.1) is 4.92 Å². The van der Waals surface area contributed by atoms with Gasteiger partial charge in [0.2, 0.25) is 0 Å². The van der Waals surface area contributed by atoms with Crippen LogP contribution < -0.4 is 5.32 Å². The van der Waals surface area contributed by atoms with E-state index in [4.69, 9.17) is 5.26 Å². The highest BCUT2D eigenvalue weighted by atomic mass is 16.6. The lowest BCUT2D eigenvalue weighted by molar-refractivity contribution is -0.384. The highest BCUT2D eigenvalue weighted by Crippen LogP contribution is 2.31. The lowest BCUT2D eigenvalue weighted by atomic mass is 10.0. The molecule has 5 nitrogen and oxygen atoms in total. The van der Waals surface area contributed by atoms with E-state index in [0.717, 1.165) is 31.6 Å². The highest BCUT2D eigenvalue weighted by molar-refractivity contribution is 5.68. The van der Waals surface area contributed by atoms with Crippen molar-refractivity contribution in [1.82, 2.24) is 0 Å². The van der Waals surface area contributed by atoms with E-state index < -0.39 is 4.92 Å². The zero-order valence-electron chi connectivity index (χ0n) is 11.6. The van der Waals surface area contributed by atoms with Crippen LogP contribution in [-0.2, 0) is 0 Å². The van der Waals surface area contributed by atoms with Crippen LogP contribution in [0.3, 0.4) is 0 Å². The summed E-state index contributed by atoms with van der Waals surface area (Å²) in [6.07, 6.45) is 5.56. The van der Waals surface area contributed by atoms with Gasteiger partial charge in [-0.15, -0.1) is 0 Å². The van der Waals surface area contributed by atoms with E-state index in [1.165, 1.54) is 12.5 Å². The van der Waals surface area contributed by atoms with Gasteiger partial charge in [-0.25, -0.2) is 0 Å². The quantitative estimate of drug-likeness (QED) is 0.515. The topological polar surface area (TPSA) is 79.0 Å². The maximum absolute atomic E-state index is 11.2. The molecule has 1 aromatic rings. The number of nitrogens with zero attached hydrogens (tertiary/aromatic N) is 2. The lowest BCUT2D eigenvalue weighted by Crippen LogP contribution is -2.19. The normalized spacial score (nSPS) is 22.6. The van der Waals surface area contributed by atoms with Crippen molar-refractivity contribution < 1.29 is 4.92 Å². The van der Waals surface area contributed by atoms with Crippen LogP contribution in [0.15, 0.2) is 18.2 Å². The van der Waals surface area contributed by atoms with Crippen LogP contribution in [0.1, 0.15) is 44.6 Å². The van der Waals surface area contributed by atoms with Gasteiger partial charge in [-0.3, -0.25) is 10.1 Å². The number of nitriles is 1. The molecule has 0 aliphatic heterocycles. The molecule has 2 rings (SSSR count). The van der Waals surface area contributed by atoms with Crippen LogP contribution in [0.4, 0.5) is 11.4 Å². The molecule has 0 heterocycles.